The number of carbonyl (C=O) groups excluding carboxylic acids is 1. The molecule has 106 valence electrons. The zero-order valence-electron chi connectivity index (χ0n) is 11.3. The van der Waals surface area contributed by atoms with Crippen LogP contribution in [-0.2, 0) is 18.3 Å². The number of aryl methyl sites for hydroxylation is 1. The fraction of sp³-hybridized carbons (Fsp3) is 0.583. The largest absolute Gasteiger partial charge is 0.409 e. The third kappa shape index (κ3) is 4.27. The molecule has 7 nitrogen and oxygen atoms in total. The second-order valence-corrected chi connectivity index (χ2v) is 4.36. The zero-order valence-corrected chi connectivity index (χ0v) is 11.3. The van der Waals surface area contributed by atoms with E-state index in [0.717, 1.165) is 12.2 Å². The molecule has 0 spiro atoms. The Morgan fingerprint density at radius 3 is 2.95 bits per heavy atom. The van der Waals surface area contributed by atoms with Crippen LogP contribution in [0, 0.1) is 5.92 Å². The van der Waals surface area contributed by atoms with Gasteiger partial charge in [0.05, 0.1) is 5.92 Å². The van der Waals surface area contributed by atoms with Crippen molar-refractivity contribution in [2.45, 2.75) is 26.2 Å². The molecule has 0 saturated heterocycles. The van der Waals surface area contributed by atoms with Gasteiger partial charge in [0, 0.05) is 32.4 Å². The molecule has 0 aliphatic rings. The van der Waals surface area contributed by atoms with E-state index in [1.807, 2.05) is 24.7 Å². The van der Waals surface area contributed by atoms with Crippen LogP contribution in [0.4, 0.5) is 0 Å². The number of carbonyl (C=O) groups is 1. The third-order valence-electron chi connectivity index (χ3n) is 2.94. The van der Waals surface area contributed by atoms with E-state index in [9.17, 15) is 4.79 Å². The van der Waals surface area contributed by atoms with E-state index in [-0.39, 0.29) is 11.7 Å². The SMILES string of the molecule is CCCC(C(=O)NCCc1nccn1C)C(N)=NO. The highest BCUT2D eigenvalue weighted by Crippen LogP contribution is 2.06. The molecule has 4 N–H and O–H groups in total. The molecule has 19 heavy (non-hydrogen) atoms. The lowest BCUT2D eigenvalue weighted by Crippen LogP contribution is -2.39. The van der Waals surface area contributed by atoms with Crippen molar-refractivity contribution < 1.29 is 10.0 Å². The Labute approximate surface area is 112 Å². The number of nitrogens with two attached hydrogens (primary N) is 1. The molecule has 1 aromatic rings. The number of aromatic nitrogens is 2. The molecule has 0 saturated carbocycles. The maximum Gasteiger partial charge on any atom is 0.230 e. The van der Waals surface area contributed by atoms with Crippen LogP contribution in [0.3, 0.4) is 0 Å². The summed E-state index contributed by atoms with van der Waals surface area (Å²) in [6.45, 7) is 2.42. The molecule has 1 heterocycles. The molecule has 1 unspecified atom stereocenters. The summed E-state index contributed by atoms with van der Waals surface area (Å²) in [5.41, 5.74) is 5.52. The van der Waals surface area contributed by atoms with Crippen molar-refractivity contribution in [3.05, 3.63) is 18.2 Å². The molecule has 0 radical (unpaired) electrons. The van der Waals surface area contributed by atoms with Crippen LogP contribution in [0.2, 0.25) is 0 Å². The second kappa shape index (κ2) is 7.40. The van der Waals surface area contributed by atoms with Gasteiger partial charge in [0.25, 0.3) is 0 Å². The molecule has 0 aliphatic heterocycles. The van der Waals surface area contributed by atoms with E-state index in [1.54, 1.807) is 6.20 Å². The number of oxime groups is 1. The minimum Gasteiger partial charge on any atom is -0.409 e. The molecular formula is C12H21N5O2. The van der Waals surface area contributed by atoms with Gasteiger partial charge >= 0.3 is 0 Å². The molecule has 0 aromatic carbocycles. The van der Waals surface area contributed by atoms with Gasteiger partial charge in [0.1, 0.15) is 5.82 Å². The number of amidine groups is 1. The van der Waals surface area contributed by atoms with E-state index >= 15 is 0 Å². The highest BCUT2D eigenvalue weighted by Gasteiger charge is 2.21. The summed E-state index contributed by atoms with van der Waals surface area (Å²) in [5, 5.41) is 14.4. The molecular weight excluding hydrogens is 246 g/mol. The first-order valence-electron chi connectivity index (χ1n) is 6.31. The van der Waals surface area contributed by atoms with Crippen molar-refractivity contribution in [3.63, 3.8) is 0 Å². The molecule has 0 fully saturated rings. The number of amides is 1. The summed E-state index contributed by atoms with van der Waals surface area (Å²) in [6.07, 6.45) is 5.56. The predicted octanol–water partition coefficient (Wildman–Crippen LogP) is 0.242. The van der Waals surface area contributed by atoms with Crippen molar-refractivity contribution >= 4 is 11.7 Å². The third-order valence-corrected chi connectivity index (χ3v) is 2.94. The summed E-state index contributed by atoms with van der Waals surface area (Å²) in [6, 6.07) is 0. The van der Waals surface area contributed by atoms with Crippen LogP contribution in [0.15, 0.2) is 17.5 Å². The molecule has 7 heteroatoms. The fourth-order valence-corrected chi connectivity index (χ4v) is 1.83. The standard InChI is InChI=1S/C12H21N5O2/c1-3-4-9(11(13)16-19)12(18)15-6-5-10-14-7-8-17(10)2/h7-9,19H,3-6H2,1-2H3,(H2,13,16)(H,15,18). The maximum absolute atomic E-state index is 11.9. The van der Waals surface area contributed by atoms with Gasteiger partial charge in [-0.25, -0.2) is 4.98 Å². The van der Waals surface area contributed by atoms with Crippen molar-refractivity contribution in [3.8, 4) is 0 Å². The van der Waals surface area contributed by atoms with Crippen LogP contribution >= 0.6 is 0 Å². The topological polar surface area (TPSA) is 106 Å². The van der Waals surface area contributed by atoms with Gasteiger partial charge < -0.3 is 20.8 Å². The van der Waals surface area contributed by atoms with Crippen LogP contribution in [-0.4, -0.2) is 33.0 Å². The Morgan fingerprint density at radius 1 is 1.68 bits per heavy atom. The normalized spacial score (nSPS) is 13.3. The van der Waals surface area contributed by atoms with Gasteiger partial charge in [-0.3, -0.25) is 4.79 Å². The minimum atomic E-state index is -0.573. The van der Waals surface area contributed by atoms with E-state index < -0.39 is 5.92 Å². The minimum absolute atomic E-state index is 0.0451. The monoisotopic (exact) mass is 267 g/mol. The first kappa shape index (κ1) is 15.0. The fourth-order valence-electron chi connectivity index (χ4n) is 1.83. The molecule has 1 rings (SSSR count). The summed E-state index contributed by atoms with van der Waals surface area (Å²) in [5.74, 6) is 0.0650. The average Bonchev–Trinajstić information content (AvgIpc) is 2.80. The number of imidazole rings is 1. The Kier molecular flexibility index (Phi) is 5.84. The van der Waals surface area contributed by atoms with Crippen molar-refractivity contribution in [2.75, 3.05) is 6.54 Å². The summed E-state index contributed by atoms with van der Waals surface area (Å²) in [7, 11) is 1.90. The van der Waals surface area contributed by atoms with E-state index in [1.165, 1.54) is 0 Å². The number of nitrogens with zero attached hydrogens (tertiary/aromatic N) is 3. The quantitative estimate of drug-likeness (QED) is 0.285. The molecule has 0 bridgehead atoms. The molecule has 1 aromatic heterocycles. The Bertz CT molecular complexity index is 441. The lowest BCUT2D eigenvalue weighted by atomic mass is 10.0. The second-order valence-electron chi connectivity index (χ2n) is 4.36. The Morgan fingerprint density at radius 2 is 2.42 bits per heavy atom. The molecule has 1 atom stereocenters. The van der Waals surface area contributed by atoms with Crippen LogP contribution < -0.4 is 11.1 Å². The summed E-state index contributed by atoms with van der Waals surface area (Å²) >= 11 is 0. The predicted molar refractivity (Wildman–Crippen MR) is 71.7 cm³/mol. The first-order chi connectivity index (χ1) is 9.10. The lowest BCUT2D eigenvalue weighted by molar-refractivity contribution is -0.123. The number of hydrogen-bond acceptors (Lipinski definition) is 4. The highest BCUT2D eigenvalue weighted by atomic mass is 16.4. The van der Waals surface area contributed by atoms with Crippen LogP contribution in [0.5, 0.6) is 0 Å². The smallest absolute Gasteiger partial charge is 0.230 e. The van der Waals surface area contributed by atoms with Gasteiger partial charge in [0.15, 0.2) is 5.84 Å². The molecule has 0 aliphatic carbocycles. The lowest BCUT2D eigenvalue weighted by Gasteiger charge is -2.14. The summed E-state index contributed by atoms with van der Waals surface area (Å²) < 4.78 is 1.90. The Balaban J connectivity index is 2.47. The number of hydrogen-bond donors (Lipinski definition) is 3. The first-order valence-corrected chi connectivity index (χ1v) is 6.31. The number of nitrogens with one attached hydrogen (secondary N) is 1. The Hall–Kier alpha value is -2.05. The maximum atomic E-state index is 11.9. The summed E-state index contributed by atoms with van der Waals surface area (Å²) in [4.78, 5) is 16.1. The van der Waals surface area contributed by atoms with Gasteiger partial charge in [0.2, 0.25) is 5.91 Å². The van der Waals surface area contributed by atoms with Gasteiger partial charge in [-0.15, -0.1) is 0 Å². The van der Waals surface area contributed by atoms with Crippen LogP contribution in [0.25, 0.3) is 0 Å². The van der Waals surface area contributed by atoms with Gasteiger partial charge in [-0.1, -0.05) is 18.5 Å². The van der Waals surface area contributed by atoms with E-state index in [2.05, 4.69) is 15.5 Å². The van der Waals surface area contributed by atoms with E-state index in [0.29, 0.717) is 19.4 Å². The van der Waals surface area contributed by atoms with E-state index in [4.69, 9.17) is 10.9 Å². The zero-order chi connectivity index (χ0) is 14.3. The van der Waals surface area contributed by atoms with Gasteiger partial charge in [-0.05, 0) is 6.42 Å². The highest BCUT2D eigenvalue weighted by molar-refractivity contribution is 6.02. The van der Waals surface area contributed by atoms with Crippen molar-refractivity contribution in [2.24, 2.45) is 23.9 Å². The number of rotatable bonds is 7. The average molecular weight is 267 g/mol. The van der Waals surface area contributed by atoms with Crippen molar-refractivity contribution in [1.82, 2.24) is 14.9 Å². The van der Waals surface area contributed by atoms with Crippen LogP contribution in [0.1, 0.15) is 25.6 Å². The van der Waals surface area contributed by atoms with Crippen molar-refractivity contribution in [1.29, 1.82) is 0 Å². The van der Waals surface area contributed by atoms with Gasteiger partial charge in [-0.2, -0.15) is 0 Å². The molecule has 1 amide bonds.